The summed E-state index contributed by atoms with van der Waals surface area (Å²) in [5.41, 5.74) is 2.26. The summed E-state index contributed by atoms with van der Waals surface area (Å²) in [7, 11) is -1.67. The topological polar surface area (TPSA) is 108 Å². The number of hydrogen-bond donors (Lipinski definition) is 2. The zero-order chi connectivity index (χ0) is 30.5. The zero-order valence-corrected chi connectivity index (χ0v) is 25.6. The lowest BCUT2D eigenvalue weighted by Gasteiger charge is -2.38. The fourth-order valence-corrected chi connectivity index (χ4v) is 6.79. The highest BCUT2D eigenvalue weighted by Crippen LogP contribution is 2.42. The van der Waals surface area contributed by atoms with Crippen LogP contribution in [0.2, 0.25) is 0 Å². The summed E-state index contributed by atoms with van der Waals surface area (Å²) >= 11 is 0. The van der Waals surface area contributed by atoms with Gasteiger partial charge in [0.15, 0.2) is 9.84 Å². The van der Waals surface area contributed by atoms with Crippen molar-refractivity contribution in [3.63, 3.8) is 0 Å². The van der Waals surface area contributed by atoms with Gasteiger partial charge in [0.2, 0.25) is 5.91 Å². The van der Waals surface area contributed by atoms with Crippen LogP contribution in [0.4, 0.5) is 10.5 Å². The summed E-state index contributed by atoms with van der Waals surface area (Å²) in [6.07, 6.45) is 4.40. The Bertz CT molecular complexity index is 1520. The monoisotopic (exact) mass is 604 g/mol. The molecule has 3 aromatic rings. The number of carbonyl (C=O) groups excluding carboxylic acids is 2. The highest BCUT2D eigenvalue weighted by atomic mass is 32.2. The van der Waals surface area contributed by atoms with Crippen molar-refractivity contribution in [2.24, 2.45) is 5.41 Å². The van der Waals surface area contributed by atoms with Crippen molar-refractivity contribution in [1.29, 1.82) is 0 Å². The number of ether oxygens (including phenoxy) is 1. The molecule has 2 heterocycles. The van der Waals surface area contributed by atoms with Crippen LogP contribution >= 0.6 is 0 Å². The molecule has 3 amide bonds. The molecule has 0 bridgehead atoms. The van der Waals surface area contributed by atoms with Crippen molar-refractivity contribution in [2.75, 3.05) is 44.9 Å². The van der Waals surface area contributed by atoms with Gasteiger partial charge in [-0.15, -0.1) is 0 Å². The van der Waals surface area contributed by atoms with E-state index in [1.54, 1.807) is 43.5 Å². The minimum atomic E-state index is -3.25. The third-order valence-corrected chi connectivity index (χ3v) is 9.86. The third-order valence-electron chi connectivity index (χ3n) is 8.74. The average Bonchev–Trinajstić information content (AvgIpc) is 3.30. The first kappa shape index (κ1) is 30.6. The van der Waals surface area contributed by atoms with Gasteiger partial charge in [0.1, 0.15) is 5.75 Å². The Hall–Kier alpha value is -3.89. The molecule has 1 spiro atoms. The predicted molar refractivity (Wildman–Crippen MR) is 167 cm³/mol. The largest absolute Gasteiger partial charge is 0.495 e. The number of rotatable bonds is 10. The zero-order valence-electron chi connectivity index (χ0n) is 24.8. The average molecular weight is 605 g/mol. The lowest BCUT2D eigenvalue weighted by Crippen LogP contribution is -2.45. The van der Waals surface area contributed by atoms with Crippen LogP contribution in [0.5, 0.6) is 5.75 Å². The maximum atomic E-state index is 13.5. The highest BCUT2D eigenvalue weighted by Gasteiger charge is 2.47. The van der Waals surface area contributed by atoms with Crippen LogP contribution < -0.4 is 15.4 Å². The van der Waals surface area contributed by atoms with Gasteiger partial charge in [-0.25, -0.2) is 13.2 Å². The number of amides is 3. The Morgan fingerprint density at radius 2 is 1.58 bits per heavy atom. The molecule has 9 nitrogen and oxygen atoms in total. The van der Waals surface area contributed by atoms with E-state index in [1.165, 1.54) is 6.26 Å². The summed E-state index contributed by atoms with van der Waals surface area (Å²) in [5, 5.41) is 6.05. The first-order valence-electron chi connectivity index (χ1n) is 14.7. The maximum Gasteiger partial charge on any atom is 0.319 e. The van der Waals surface area contributed by atoms with E-state index in [0.717, 1.165) is 56.4 Å². The number of benzene rings is 3. The van der Waals surface area contributed by atoms with Gasteiger partial charge >= 0.3 is 6.03 Å². The normalized spacial score (nSPS) is 17.5. The molecule has 5 rings (SSSR count). The number of nitrogens with one attached hydrogen (secondary N) is 2. The van der Waals surface area contributed by atoms with E-state index in [4.69, 9.17) is 4.74 Å². The van der Waals surface area contributed by atoms with E-state index in [9.17, 15) is 18.0 Å². The van der Waals surface area contributed by atoms with Crippen LogP contribution in [0.1, 0.15) is 42.9 Å². The van der Waals surface area contributed by atoms with Crippen LogP contribution in [-0.4, -0.2) is 69.7 Å². The summed E-state index contributed by atoms with van der Waals surface area (Å²) in [6.45, 7) is 3.67. The summed E-state index contributed by atoms with van der Waals surface area (Å²) in [6, 6.07) is 23.6. The molecule has 1 atom stereocenters. The molecule has 0 radical (unpaired) electrons. The van der Waals surface area contributed by atoms with Crippen molar-refractivity contribution in [1.82, 2.24) is 15.1 Å². The third kappa shape index (κ3) is 7.37. The standard InChI is InChI=1S/C33H40N4O5S/c1-42-30-11-7-6-10-29(30)35-32(39)34-28(26-8-4-3-5-9-26)16-20-36-21-17-33(18-22-36)19-23-37(31(33)38)24-25-12-14-27(15-13-25)43(2,40)41/h3-15,28H,16-24H2,1-2H3,(H2,34,35,39). The highest BCUT2D eigenvalue weighted by molar-refractivity contribution is 7.90. The first-order valence-corrected chi connectivity index (χ1v) is 16.6. The Morgan fingerprint density at radius 1 is 0.930 bits per heavy atom. The molecule has 0 saturated carbocycles. The van der Waals surface area contributed by atoms with Crippen LogP contribution in [0, 0.1) is 5.41 Å². The van der Waals surface area contributed by atoms with Crippen LogP contribution in [0.25, 0.3) is 0 Å². The van der Waals surface area contributed by atoms with E-state index >= 15 is 0 Å². The van der Waals surface area contributed by atoms with Gasteiger partial charge in [-0.2, -0.15) is 0 Å². The number of sulfone groups is 1. The molecule has 3 aromatic carbocycles. The number of hydrogen-bond acceptors (Lipinski definition) is 6. The molecule has 43 heavy (non-hydrogen) atoms. The second kappa shape index (κ2) is 13.2. The number of anilines is 1. The van der Waals surface area contributed by atoms with E-state index in [1.807, 2.05) is 47.4 Å². The van der Waals surface area contributed by atoms with Crippen molar-refractivity contribution < 1.29 is 22.7 Å². The van der Waals surface area contributed by atoms with Gasteiger partial charge in [-0.3, -0.25) is 4.79 Å². The first-order chi connectivity index (χ1) is 20.7. The molecular weight excluding hydrogens is 564 g/mol. The maximum absolute atomic E-state index is 13.5. The van der Waals surface area contributed by atoms with Gasteiger partial charge in [0, 0.05) is 25.9 Å². The van der Waals surface area contributed by atoms with E-state index in [-0.39, 0.29) is 28.3 Å². The number of carbonyl (C=O) groups is 2. The smallest absolute Gasteiger partial charge is 0.319 e. The molecule has 228 valence electrons. The molecule has 2 N–H and O–H groups in total. The number of para-hydroxylation sites is 2. The van der Waals surface area contributed by atoms with Crippen LogP contribution in [-0.2, 0) is 21.2 Å². The molecule has 0 aromatic heterocycles. The molecule has 2 aliphatic heterocycles. The van der Waals surface area contributed by atoms with Crippen LogP contribution in [0.3, 0.4) is 0 Å². The van der Waals surface area contributed by atoms with Gasteiger partial charge < -0.3 is 25.2 Å². The van der Waals surface area contributed by atoms with Crippen LogP contribution in [0.15, 0.2) is 83.8 Å². The van der Waals surface area contributed by atoms with Gasteiger partial charge in [0.05, 0.1) is 29.1 Å². The lowest BCUT2D eigenvalue weighted by atomic mass is 9.77. The minimum Gasteiger partial charge on any atom is -0.495 e. The van der Waals surface area contributed by atoms with Gasteiger partial charge in [-0.05, 0) is 74.2 Å². The fourth-order valence-electron chi connectivity index (χ4n) is 6.16. The van der Waals surface area contributed by atoms with Gasteiger partial charge in [-0.1, -0.05) is 54.6 Å². The molecule has 2 aliphatic rings. The molecule has 2 fully saturated rings. The molecular formula is C33H40N4O5S. The van der Waals surface area contributed by atoms with Crippen molar-refractivity contribution in [3.8, 4) is 5.75 Å². The lowest BCUT2D eigenvalue weighted by molar-refractivity contribution is -0.138. The minimum absolute atomic E-state index is 0.176. The second-order valence-corrected chi connectivity index (χ2v) is 13.6. The van der Waals surface area contributed by atoms with Crippen molar-refractivity contribution in [3.05, 3.63) is 90.0 Å². The summed E-state index contributed by atoms with van der Waals surface area (Å²) in [5.74, 6) is 0.803. The number of urea groups is 1. The van der Waals surface area contributed by atoms with E-state index < -0.39 is 9.84 Å². The Kier molecular flexibility index (Phi) is 9.37. The Balaban J connectivity index is 1.15. The number of piperidine rings is 1. The number of likely N-dealkylation sites (tertiary alicyclic amines) is 2. The number of methoxy groups -OCH3 is 1. The van der Waals surface area contributed by atoms with Crippen molar-refractivity contribution >= 4 is 27.5 Å². The van der Waals surface area contributed by atoms with E-state index in [2.05, 4.69) is 15.5 Å². The molecule has 1 unspecified atom stereocenters. The fraction of sp³-hybridized carbons (Fsp3) is 0.394. The number of nitrogens with zero attached hydrogens (tertiary/aromatic N) is 2. The molecule has 0 aliphatic carbocycles. The molecule has 10 heteroatoms. The molecule has 2 saturated heterocycles. The quantitative estimate of drug-likeness (QED) is 0.342. The van der Waals surface area contributed by atoms with Crippen molar-refractivity contribution in [2.45, 2.75) is 43.2 Å². The predicted octanol–water partition coefficient (Wildman–Crippen LogP) is 4.87. The van der Waals surface area contributed by atoms with Gasteiger partial charge in [0.25, 0.3) is 0 Å². The van der Waals surface area contributed by atoms with E-state index in [0.29, 0.717) is 24.5 Å². The SMILES string of the molecule is COc1ccccc1NC(=O)NC(CCN1CCC2(CC1)CCN(Cc1ccc(S(C)(=O)=O)cc1)C2=O)c1ccccc1. The summed E-state index contributed by atoms with van der Waals surface area (Å²) < 4.78 is 28.9. The second-order valence-electron chi connectivity index (χ2n) is 11.6. The Labute approximate surface area is 254 Å². The Morgan fingerprint density at radius 3 is 2.26 bits per heavy atom. The summed E-state index contributed by atoms with van der Waals surface area (Å²) in [4.78, 5) is 31.1.